The molecule has 114 valence electrons. The number of halogens is 1. The van der Waals surface area contributed by atoms with Gasteiger partial charge in [0.25, 0.3) is 0 Å². The fourth-order valence-electron chi connectivity index (χ4n) is 3.26. The summed E-state index contributed by atoms with van der Waals surface area (Å²) in [4.78, 5) is 11.7. The fraction of sp³-hybridized carbons (Fsp3) is 0.562. The van der Waals surface area contributed by atoms with Gasteiger partial charge < -0.3 is 14.6 Å². The van der Waals surface area contributed by atoms with E-state index in [1.807, 2.05) is 12.1 Å². The van der Waals surface area contributed by atoms with Gasteiger partial charge in [-0.1, -0.05) is 15.9 Å². The number of carboxylic acid groups (broad SMARTS) is 1. The molecule has 21 heavy (non-hydrogen) atoms. The molecule has 0 aromatic heterocycles. The van der Waals surface area contributed by atoms with Gasteiger partial charge in [0.05, 0.1) is 5.41 Å². The highest BCUT2D eigenvalue weighted by Gasteiger charge is 2.43. The maximum absolute atomic E-state index is 11.7. The van der Waals surface area contributed by atoms with E-state index in [1.165, 1.54) is 5.56 Å². The first kappa shape index (κ1) is 14.9. The quantitative estimate of drug-likeness (QED) is 0.903. The first-order valence-electron chi connectivity index (χ1n) is 7.35. The first-order chi connectivity index (χ1) is 10.1. The number of carboxylic acids is 1. The number of hydrogen-bond donors (Lipinski definition) is 1. The molecule has 5 heteroatoms. The Bertz CT molecular complexity index is 537. The number of carbonyl (C=O) groups is 1. The summed E-state index contributed by atoms with van der Waals surface area (Å²) in [6.45, 7) is 1.06. The molecular formula is C16H19BrO4. The van der Waals surface area contributed by atoms with E-state index in [4.69, 9.17) is 9.47 Å². The van der Waals surface area contributed by atoms with E-state index in [9.17, 15) is 9.90 Å². The molecule has 0 aliphatic carbocycles. The molecule has 4 nitrogen and oxygen atoms in total. The number of rotatable bonds is 3. The second kappa shape index (κ2) is 5.97. The number of aryl methyl sites for hydroxylation is 1. The molecule has 0 radical (unpaired) electrons. The topological polar surface area (TPSA) is 55.8 Å². The molecule has 2 heterocycles. The van der Waals surface area contributed by atoms with Crippen molar-refractivity contribution in [2.75, 3.05) is 13.2 Å². The van der Waals surface area contributed by atoms with Crippen LogP contribution in [0.3, 0.4) is 0 Å². The predicted molar refractivity (Wildman–Crippen MR) is 81.6 cm³/mol. The van der Waals surface area contributed by atoms with Crippen LogP contribution in [0.5, 0.6) is 5.75 Å². The third-order valence-electron chi connectivity index (χ3n) is 4.57. The van der Waals surface area contributed by atoms with E-state index in [-0.39, 0.29) is 6.10 Å². The lowest BCUT2D eigenvalue weighted by Gasteiger charge is -2.37. The van der Waals surface area contributed by atoms with Gasteiger partial charge in [0.15, 0.2) is 0 Å². The zero-order valence-electron chi connectivity index (χ0n) is 11.8. The van der Waals surface area contributed by atoms with Crippen LogP contribution < -0.4 is 4.74 Å². The number of aliphatic carboxylic acids is 1. The summed E-state index contributed by atoms with van der Waals surface area (Å²) in [6.07, 6.45) is 3.52. The smallest absolute Gasteiger partial charge is 0.309 e. The highest BCUT2D eigenvalue weighted by molar-refractivity contribution is 9.10. The van der Waals surface area contributed by atoms with Crippen molar-refractivity contribution in [3.8, 4) is 5.75 Å². The summed E-state index contributed by atoms with van der Waals surface area (Å²) in [5.41, 5.74) is 0.507. The lowest BCUT2D eigenvalue weighted by atomic mass is 9.74. The van der Waals surface area contributed by atoms with Crippen molar-refractivity contribution < 1.29 is 19.4 Å². The maximum atomic E-state index is 11.7. The summed E-state index contributed by atoms with van der Waals surface area (Å²) >= 11 is 3.47. The molecule has 1 N–H and O–H groups in total. The van der Waals surface area contributed by atoms with E-state index in [0.717, 1.165) is 23.1 Å². The molecule has 1 saturated heterocycles. The van der Waals surface area contributed by atoms with Gasteiger partial charge in [-0.05, 0) is 49.4 Å². The predicted octanol–water partition coefficient (Wildman–Crippen LogP) is 3.41. The highest BCUT2D eigenvalue weighted by atomic mass is 79.9. The van der Waals surface area contributed by atoms with Crippen molar-refractivity contribution in [1.82, 2.24) is 0 Å². The lowest BCUT2D eigenvalue weighted by Crippen LogP contribution is -2.42. The van der Waals surface area contributed by atoms with Crippen LogP contribution in [0.2, 0.25) is 0 Å². The Hall–Kier alpha value is -1.07. The van der Waals surface area contributed by atoms with Crippen LogP contribution in [0.15, 0.2) is 22.7 Å². The molecule has 0 saturated carbocycles. The Balaban J connectivity index is 1.73. The molecule has 1 aromatic carbocycles. The largest absolute Gasteiger partial charge is 0.490 e. The zero-order valence-corrected chi connectivity index (χ0v) is 13.4. The van der Waals surface area contributed by atoms with E-state index in [2.05, 4.69) is 22.0 Å². The molecule has 0 bridgehead atoms. The average molecular weight is 355 g/mol. The highest BCUT2D eigenvalue weighted by Crippen LogP contribution is 2.40. The van der Waals surface area contributed by atoms with E-state index >= 15 is 0 Å². The van der Waals surface area contributed by atoms with Gasteiger partial charge in [-0.2, -0.15) is 0 Å². The molecule has 0 unspecified atom stereocenters. The molecule has 3 rings (SSSR count). The first-order valence-corrected chi connectivity index (χ1v) is 8.15. The third kappa shape index (κ3) is 3.09. The molecule has 1 aromatic rings. The zero-order chi connectivity index (χ0) is 14.9. The SMILES string of the molecule is O=C(O)C1(C[C@H]2CCc3cc(Br)ccc3O2)CCOCC1. The summed E-state index contributed by atoms with van der Waals surface area (Å²) < 4.78 is 12.4. The van der Waals surface area contributed by atoms with Crippen molar-refractivity contribution >= 4 is 21.9 Å². The van der Waals surface area contributed by atoms with Crippen LogP contribution in [-0.4, -0.2) is 30.4 Å². The minimum atomic E-state index is -0.712. The van der Waals surface area contributed by atoms with Gasteiger partial charge in [-0.3, -0.25) is 4.79 Å². The Morgan fingerprint density at radius 3 is 2.86 bits per heavy atom. The molecule has 1 atom stereocenters. The van der Waals surface area contributed by atoms with Gasteiger partial charge in [0.1, 0.15) is 11.9 Å². The molecule has 2 aliphatic rings. The molecule has 2 aliphatic heterocycles. The second-order valence-corrected chi connectivity index (χ2v) is 6.85. The average Bonchev–Trinajstić information content (AvgIpc) is 2.48. The van der Waals surface area contributed by atoms with Gasteiger partial charge in [-0.25, -0.2) is 0 Å². The number of fused-ring (bicyclic) bond motifs is 1. The fourth-order valence-corrected chi connectivity index (χ4v) is 3.67. The Kier molecular flexibility index (Phi) is 4.22. The van der Waals surface area contributed by atoms with Crippen molar-refractivity contribution in [2.45, 2.75) is 38.2 Å². The minimum absolute atomic E-state index is 0.0205. The molecular weight excluding hydrogens is 336 g/mol. The van der Waals surface area contributed by atoms with Crippen LogP contribution in [0, 0.1) is 5.41 Å². The normalized spacial score (nSPS) is 24.0. The Morgan fingerprint density at radius 1 is 1.38 bits per heavy atom. The number of hydrogen-bond acceptors (Lipinski definition) is 3. The second-order valence-electron chi connectivity index (χ2n) is 5.93. The maximum Gasteiger partial charge on any atom is 0.309 e. The van der Waals surface area contributed by atoms with Gasteiger partial charge in [0, 0.05) is 24.1 Å². The van der Waals surface area contributed by atoms with E-state index in [0.29, 0.717) is 32.5 Å². The third-order valence-corrected chi connectivity index (χ3v) is 5.07. The molecule has 0 spiro atoms. The van der Waals surface area contributed by atoms with Crippen molar-refractivity contribution in [2.24, 2.45) is 5.41 Å². The molecule has 1 fully saturated rings. The Labute approximate surface area is 132 Å². The van der Waals surface area contributed by atoms with Gasteiger partial charge in [-0.15, -0.1) is 0 Å². The Morgan fingerprint density at radius 2 is 2.14 bits per heavy atom. The van der Waals surface area contributed by atoms with Crippen molar-refractivity contribution in [3.63, 3.8) is 0 Å². The van der Waals surface area contributed by atoms with Crippen LogP contribution in [0.4, 0.5) is 0 Å². The van der Waals surface area contributed by atoms with Crippen molar-refractivity contribution in [3.05, 3.63) is 28.2 Å². The number of benzene rings is 1. The van der Waals surface area contributed by atoms with Gasteiger partial charge >= 0.3 is 5.97 Å². The summed E-state index contributed by atoms with van der Waals surface area (Å²) in [7, 11) is 0. The number of ether oxygens (including phenoxy) is 2. The standard InChI is InChI=1S/C16H19BrO4/c17-12-2-4-14-11(9-12)1-3-13(21-14)10-16(15(18)19)5-7-20-8-6-16/h2,4,9,13H,1,3,5-8,10H2,(H,18,19)/t13-/m1/s1. The van der Waals surface area contributed by atoms with Crippen LogP contribution in [-0.2, 0) is 16.0 Å². The molecule has 0 amide bonds. The van der Waals surface area contributed by atoms with E-state index < -0.39 is 11.4 Å². The summed E-state index contributed by atoms with van der Waals surface area (Å²) in [6, 6.07) is 6.00. The monoisotopic (exact) mass is 354 g/mol. The summed E-state index contributed by atoms with van der Waals surface area (Å²) in [5.74, 6) is 0.179. The minimum Gasteiger partial charge on any atom is -0.490 e. The van der Waals surface area contributed by atoms with Crippen LogP contribution in [0.25, 0.3) is 0 Å². The summed E-state index contributed by atoms with van der Waals surface area (Å²) in [5, 5.41) is 9.63. The van der Waals surface area contributed by atoms with Gasteiger partial charge in [0.2, 0.25) is 0 Å². The van der Waals surface area contributed by atoms with Crippen LogP contribution >= 0.6 is 15.9 Å². The van der Waals surface area contributed by atoms with Crippen LogP contribution in [0.1, 0.15) is 31.2 Å². The van der Waals surface area contributed by atoms with Crippen molar-refractivity contribution in [1.29, 1.82) is 0 Å². The lowest BCUT2D eigenvalue weighted by molar-refractivity contribution is -0.157. The van der Waals surface area contributed by atoms with E-state index in [1.54, 1.807) is 0 Å².